The van der Waals surface area contributed by atoms with Gasteiger partial charge in [0.2, 0.25) is 0 Å². The minimum absolute atomic E-state index is 0. The van der Waals surface area contributed by atoms with E-state index in [1.165, 1.54) is 0 Å². The molecule has 98 valence electrons. The summed E-state index contributed by atoms with van der Waals surface area (Å²) in [7, 11) is -4.92. The Bertz CT molecular complexity index is 292. The first-order valence-corrected chi connectivity index (χ1v) is 6.25. The molecule has 0 saturated heterocycles. The molecule has 1 atom stereocenters. The summed E-state index contributed by atoms with van der Waals surface area (Å²) in [5, 5.41) is 0. The molecule has 0 spiro atoms. The van der Waals surface area contributed by atoms with Crippen LogP contribution in [0.25, 0.3) is 0 Å². The van der Waals surface area contributed by atoms with E-state index in [-0.39, 0.29) is 77.1 Å². The Morgan fingerprint density at radius 3 is 1.94 bits per heavy atom. The van der Waals surface area contributed by atoms with Crippen molar-refractivity contribution in [2.75, 3.05) is 0 Å². The molecular weight excluding hydrogens is 291 g/mol. The predicted octanol–water partition coefficient (Wildman–Crippen LogP) is -0.266. The van der Waals surface area contributed by atoms with E-state index in [4.69, 9.17) is 0 Å². The average molecular weight is 304 g/mol. The third-order valence-electron chi connectivity index (χ3n) is 1.95. The minimum Gasteiger partial charge on any atom is -0.746 e. The molecule has 0 saturated carbocycles. The second kappa shape index (κ2) is 9.21. The quantitative estimate of drug-likeness (QED) is 0.282. The molecule has 3 nitrogen and oxygen atoms in total. The molecule has 0 aliphatic rings. The standard InChI is InChI=1S/C8H14F4O3S.K/c9-7(16(13,14)15)5-3-1-2-4-6-8(10,11)12;/h7H,1-6H2,(H,13,14,15);/q;+1/p-1. The Kier molecular flexibility index (Phi) is 11.2. The summed E-state index contributed by atoms with van der Waals surface area (Å²) < 4.78 is 77.8. The van der Waals surface area contributed by atoms with Gasteiger partial charge in [0.05, 0.1) is 0 Å². The largest absolute Gasteiger partial charge is 1.00 e. The van der Waals surface area contributed by atoms with Gasteiger partial charge in [-0.2, -0.15) is 13.2 Å². The SMILES string of the molecule is O=S(=O)([O-])C(F)CCCCCCC(F)(F)F.[K+]. The molecule has 0 aromatic rings. The number of rotatable bonds is 7. The zero-order valence-electron chi connectivity index (χ0n) is 9.46. The van der Waals surface area contributed by atoms with Gasteiger partial charge >= 0.3 is 57.6 Å². The van der Waals surface area contributed by atoms with E-state index in [9.17, 15) is 30.5 Å². The van der Waals surface area contributed by atoms with Crippen molar-refractivity contribution in [3.05, 3.63) is 0 Å². The first kappa shape index (κ1) is 20.6. The van der Waals surface area contributed by atoms with Gasteiger partial charge in [-0.05, 0) is 19.3 Å². The molecule has 0 aromatic carbocycles. The molecular formula is C8H13F4KO3S. The van der Waals surface area contributed by atoms with Crippen molar-refractivity contribution in [3.63, 3.8) is 0 Å². The summed E-state index contributed by atoms with van der Waals surface area (Å²) in [6, 6.07) is 0. The summed E-state index contributed by atoms with van der Waals surface area (Å²) in [5.41, 5.74) is -2.45. The Labute approximate surface area is 141 Å². The molecule has 0 aromatic heterocycles. The average Bonchev–Trinajstić information content (AvgIpc) is 2.07. The molecule has 1 unspecified atom stereocenters. The second-order valence-corrected chi connectivity index (χ2v) is 4.97. The first-order chi connectivity index (χ1) is 7.13. The van der Waals surface area contributed by atoms with E-state index in [2.05, 4.69) is 0 Å². The van der Waals surface area contributed by atoms with Crippen LogP contribution in [0.3, 0.4) is 0 Å². The van der Waals surface area contributed by atoms with Crippen LogP contribution < -0.4 is 51.4 Å². The molecule has 0 rings (SSSR count). The molecule has 17 heavy (non-hydrogen) atoms. The summed E-state index contributed by atoms with van der Waals surface area (Å²) >= 11 is 0. The van der Waals surface area contributed by atoms with Crippen molar-refractivity contribution in [1.82, 2.24) is 0 Å². The monoisotopic (exact) mass is 304 g/mol. The van der Waals surface area contributed by atoms with Crippen LogP contribution in [0.1, 0.15) is 38.5 Å². The molecule has 0 amide bonds. The van der Waals surface area contributed by atoms with Crippen molar-refractivity contribution in [2.45, 2.75) is 50.2 Å². The zero-order valence-corrected chi connectivity index (χ0v) is 13.4. The summed E-state index contributed by atoms with van der Waals surface area (Å²) in [6.45, 7) is 0. The van der Waals surface area contributed by atoms with Gasteiger partial charge < -0.3 is 4.55 Å². The maximum absolute atomic E-state index is 12.5. The van der Waals surface area contributed by atoms with Crippen LogP contribution in [-0.2, 0) is 10.1 Å². The summed E-state index contributed by atoms with van der Waals surface area (Å²) in [4.78, 5) is 0. The molecule has 0 N–H and O–H groups in total. The molecule has 9 heteroatoms. The topological polar surface area (TPSA) is 57.2 Å². The van der Waals surface area contributed by atoms with E-state index < -0.39 is 34.6 Å². The summed E-state index contributed by atoms with van der Waals surface area (Å²) in [6.07, 6.45) is -4.98. The Balaban J connectivity index is 0. The van der Waals surface area contributed by atoms with Gasteiger partial charge in [-0.25, -0.2) is 12.8 Å². The fraction of sp³-hybridized carbons (Fsp3) is 1.00. The van der Waals surface area contributed by atoms with Crippen LogP contribution in [0.15, 0.2) is 0 Å². The van der Waals surface area contributed by atoms with E-state index in [1.807, 2.05) is 0 Å². The molecule has 0 radical (unpaired) electrons. The third kappa shape index (κ3) is 13.5. The van der Waals surface area contributed by atoms with Crippen LogP contribution in [0.2, 0.25) is 0 Å². The number of alkyl halides is 4. The number of hydrogen-bond donors (Lipinski definition) is 0. The van der Waals surface area contributed by atoms with Gasteiger partial charge in [0.15, 0.2) is 5.50 Å². The summed E-state index contributed by atoms with van der Waals surface area (Å²) in [5.74, 6) is 0. The molecule has 0 aliphatic heterocycles. The van der Waals surface area contributed by atoms with Crippen molar-refractivity contribution in [3.8, 4) is 0 Å². The van der Waals surface area contributed by atoms with Crippen LogP contribution in [0.5, 0.6) is 0 Å². The Morgan fingerprint density at radius 1 is 1.06 bits per heavy atom. The van der Waals surface area contributed by atoms with Gasteiger partial charge in [-0.15, -0.1) is 0 Å². The molecule has 0 aliphatic carbocycles. The van der Waals surface area contributed by atoms with Gasteiger partial charge in [0.1, 0.15) is 10.1 Å². The van der Waals surface area contributed by atoms with E-state index in [0.29, 0.717) is 0 Å². The zero-order chi connectivity index (χ0) is 12.8. The van der Waals surface area contributed by atoms with E-state index in [1.54, 1.807) is 0 Å². The van der Waals surface area contributed by atoms with Crippen LogP contribution >= 0.6 is 0 Å². The van der Waals surface area contributed by atoms with Crippen molar-refractivity contribution in [1.29, 1.82) is 0 Å². The fourth-order valence-electron chi connectivity index (χ4n) is 1.13. The van der Waals surface area contributed by atoms with Gasteiger partial charge in [-0.3, -0.25) is 0 Å². The van der Waals surface area contributed by atoms with Gasteiger partial charge in [0.25, 0.3) is 0 Å². The first-order valence-electron chi connectivity index (χ1n) is 4.78. The predicted molar refractivity (Wildman–Crippen MR) is 48.4 cm³/mol. The van der Waals surface area contributed by atoms with Crippen molar-refractivity contribution in [2.24, 2.45) is 0 Å². The Hall–Kier alpha value is 1.27. The molecule has 0 heterocycles. The van der Waals surface area contributed by atoms with E-state index >= 15 is 0 Å². The van der Waals surface area contributed by atoms with E-state index in [0.717, 1.165) is 0 Å². The fourth-order valence-corrected chi connectivity index (χ4v) is 1.58. The maximum Gasteiger partial charge on any atom is 1.00 e. The normalized spacial score (nSPS) is 14.2. The number of halogens is 4. The minimum atomic E-state index is -4.92. The van der Waals surface area contributed by atoms with Crippen LogP contribution in [0, 0.1) is 0 Å². The van der Waals surface area contributed by atoms with Crippen LogP contribution in [0.4, 0.5) is 17.6 Å². The van der Waals surface area contributed by atoms with Gasteiger partial charge in [0, 0.05) is 6.42 Å². The number of hydrogen-bond acceptors (Lipinski definition) is 3. The molecule has 0 fully saturated rings. The number of unbranched alkanes of at least 4 members (excludes halogenated alkanes) is 3. The maximum atomic E-state index is 12.5. The smallest absolute Gasteiger partial charge is 0.746 e. The van der Waals surface area contributed by atoms with Gasteiger partial charge in [-0.1, -0.05) is 12.8 Å². The van der Waals surface area contributed by atoms with Crippen molar-refractivity contribution >= 4 is 10.1 Å². The van der Waals surface area contributed by atoms with Crippen LogP contribution in [-0.4, -0.2) is 24.7 Å². The third-order valence-corrected chi connectivity index (χ3v) is 2.82. The second-order valence-electron chi connectivity index (χ2n) is 3.47. The van der Waals surface area contributed by atoms with Crippen molar-refractivity contribution < 1.29 is 81.9 Å². The Morgan fingerprint density at radius 2 is 1.53 bits per heavy atom. The molecule has 0 bridgehead atoms.